The predicted molar refractivity (Wildman–Crippen MR) is 69.0 cm³/mol. The Morgan fingerprint density at radius 1 is 0.850 bits per heavy atom. The molecule has 0 unspecified atom stereocenters. The first-order chi connectivity index (χ1) is 9.63. The Hall–Kier alpha value is -1.98. The Kier molecular flexibility index (Phi) is 4.65. The predicted octanol–water partition coefficient (Wildman–Crippen LogP) is 2.53. The van der Waals surface area contributed by atoms with E-state index in [1.807, 2.05) is 0 Å². The molecule has 0 aliphatic heterocycles. The largest absolute Gasteiger partial charge is 0.488 e. The molecule has 2 aromatic rings. The van der Waals surface area contributed by atoms with Crippen molar-refractivity contribution in [2.45, 2.75) is 19.8 Å². The smallest absolute Gasteiger partial charge is 0.131 e. The summed E-state index contributed by atoms with van der Waals surface area (Å²) >= 11 is 0. The number of halogens is 2. The van der Waals surface area contributed by atoms with Gasteiger partial charge in [-0.05, 0) is 29.8 Å². The molecule has 0 spiro atoms. The van der Waals surface area contributed by atoms with Gasteiger partial charge in [-0.2, -0.15) is 0 Å². The van der Waals surface area contributed by atoms with Gasteiger partial charge < -0.3 is 14.9 Å². The fraction of sp³-hybridized carbons (Fsp3) is 0.200. The summed E-state index contributed by atoms with van der Waals surface area (Å²) < 4.78 is 31.6. The quantitative estimate of drug-likeness (QED) is 0.885. The highest BCUT2D eigenvalue weighted by Crippen LogP contribution is 2.27. The van der Waals surface area contributed by atoms with Gasteiger partial charge in [0.25, 0.3) is 0 Å². The lowest BCUT2D eigenvalue weighted by Crippen LogP contribution is -2.03. The fourth-order valence-corrected chi connectivity index (χ4v) is 1.87. The van der Waals surface area contributed by atoms with Crippen molar-refractivity contribution in [2.75, 3.05) is 0 Å². The van der Waals surface area contributed by atoms with Gasteiger partial charge in [-0.15, -0.1) is 0 Å². The molecule has 2 aromatic carbocycles. The van der Waals surface area contributed by atoms with Crippen LogP contribution in [0.15, 0.2) is 36.4 Å². The molecule has 0 atom stereocenters. The Bertz CT molecular complexity index is 557. The average molecular weight is 280 g/mol. The number of benzene rings is 2. The zero-order chi connectivity index (χ0) is 14.5. The second-order valence-electron chi connectivity index (χ2n) is 4.28. The zero-order valence-corrected chi connectivity index (χ0v) is 10.6. The summed E-state index contributed by atoms with van der Waals surface area (Å²) in [6.07, 6.45) is 0. The molecule has 0 aliphatic carbocycles. The molecule has 0 amide bonds. The van der Waals surface area contributed by atoms with E-state index in [-0.39, 0.29) is 29.3 Å². The summed E-state index contributed by atoms with van der Waals surface area (Å²) in [6.45, 7) is -0.668. The molecule has 0 aliphatic rings. The Labute approximate surface area is 115 Å². The summed E-state index contributed by atoms with van der Waals surface area (Å²) in [5.74, 6) is -0.643. The maximum atomic E-state index is 13.3. The van der Waals surface area contributed by atoms with E-state index in [1.54, 1.807) is 12.1 Å². The number of aliphatic hydroxyl groups excluding tert-OH is 2. The first-order valence-corrected chi connectivity index (χ1v) is 6.04. The SMILES string of the molecule is OCc1cc(F)cc(CO)c1OCc1ccc(F)cc1. The lowest BCUT2D eigenvalue weighted by Gasteiger charge is -2.14. The fourth-order valence-electron chi connectivity index (χ4n) is 1.87. The van der Waals surface area contributed by atoms with Crippen LogP contribution in [-0.4, -0.2) is 10.2 Å². The van der Waals surface area contributed by atoms with E-state index < -0.39 is 19.0 Å². The molecule has 5 heteroatoms. The maximum absolute atomic E-state index is 13.3. The molecule has 0 radical (unpaired) electrons. The minimum absolute atomic E-state index is 0.131. The van der Waals surface area contributed by atoms with E-state index >= 15 is 0 Å². The molecule has 0 saturated carbocycles. The lowest BCUT2D eigenvalue weighted by atomic mass is 10.1. The highest BCUT2D eigenvalue weighted by molar-refractivity contribution is 5.41. The average Bonchev–Trinajstić information content (AvgIpc) is 2.46. The molecular weight excluding hydrogens is 266 g/mol. The van der Waals surface area contributed by atoms with Gasteiger partial charge in [-0.25, -0.2) is 8.78 Å². The van der Waals surface area contributed by atoms with Gasteiger partial charge in [-0.3, -0.25) is 0 Å². The summed E-state index contributed by atoms with van der Waals surface area (Å²) in [4.78, 5) is 0. The van der Waals surface area contributed by atoms with Crippen LogP contribution in [0.2, 0.25) is 0 Å². The van der Waals surface area contributed by atoms with Gasteiger partial charge in [0.05, 0.1) is 13.2 Å². The van der Waals surface area contributed by atoms with E-state index in [0.717, 1.165) is 17.7 Å². The number of hydrogen-bond acceptors (Lipinski definition) is 3. The standard InChI is InChI=1S/C15H14F2O3/c16-13-3-1-10(2-4-13)9-20-15-11(7-18)5-14(17)6-12(15)8-19/h1-6,18-19H,7-9H2. The number of hydrogen-bond donors (Lipinski definition) is 2. The van der Waals surface area contributed by atoms with Crippen molar-refractivity contribution in [3.63, 3.8) is 0 Å². The van der Waals surface area contributed by atoms with Crippen LogP contribution >= 0.6 is 0 Å². The zero-order valence-electron chi connectivity index (χ0n) is 10.6. The van der Waals surface area contributed by atoms with E-state index in [2.05, 4.69) is 0 Å². The summed E-state index contributed by atoms with van der Waals surface area (Å²) in [7, 11) is 0. The van der Waals surface area contributed by atoms with E-state index in [0.29, 0.717) is 0 Å². The van der Waals surface area contributed by atoms with Crippen molar-refractivity contribution >= 4 is 0 Å². The minimum Gasteiger partial charge on any atom is -0.488 e. The van der Waals surface area contributed by atoms with Crippen LogP contribution in [0.4, 0.5) is 8.78 Å². The van der Waals surface area contributed by atoms with Crippen LogP contribution < -0.4 is 4.74 Å². The minimum atomic E-state index is -0.549. The maximum Gasteiger partial charge on any atom is 0.131 e. The Morgan fingerprint density at radius 3 is 1.90 bits per heavy atom. The molecule has 0 bridgehead atoms. The highest BCUT2D eigenvalue weighted by atomic mass is 19.1. The Morgan fingerprint density at radius 2 is 1.40 bits per heavy atom. The Balaban J connectivity index is 2.21. The second-order valence-corrected chi connectivity index (χ2v) is 4.28. The number of ether oxygens (including phenoxy) is 1. The van der Waals surface area contributed by atoms with Crippen molar-refractivity contribution in [2.24, 2.45) is 0 Å². The van der Waals surface area contributed by atoms with Crippen molar-refractivity contribution in [3.8, 4) is 5.75 Å². The van der Waals surface area contributed by atoms with Gasteiger partial charge in [0, 0.05) is 11.1 Å². The van der Waals surface area contributed by atoms with E-state index in [1.165, 1.54) is 12.1 Å². The molecule has 0 fully saturated rings. The van der Waals surface area contributed by atoms with E-state index in [9.17, 15) is 19.0 Å². The van der Waals surface area contributed by atoms with Crippen LogP contribution in [0.5, 0.6) is 5.75 Å². The molecular formula is C15H14F2O3. The molecule has 0 heterocycles. The van der Waals surface area contributed by atoms with Crippen LogP contribution in [0.1, 0.15) is 16.7 Å². The first-order valence-electron chi connectivity index (χ1n) is 6.04. The third-order valence-electron chi connectivity index (χ3n) is 2.84. The summed E-state index contributed by atoms with van der Waals surface area (Å²) in [5, 5.41) is 18.4. The van der Waals surface area contributed by atoms with Crippen LogP contribution in [0.25, 0.3) is 0 Å². The molecule has 0 saturated heterocycles. The van der Waals surface area contributed by atoms with Crippen LogP contribution in [0.3, 0.4) is 0 Å². The number of aliphatic hydroxyl groups is 2. The van der Waals surface area contributed by atoms with Crippen molar-refractivity contribution in [1.29, 1.82) is 0 Å². The summed E-state index contributed by atoms with van der Waals surface area (Å²) in [6, 6.07) is 8.05. The first kappa shape index (κ1) is 14.4. The monoisotopic (exact) mass is 280 g/mol. The van der Waals surface area contributed by atoms with Gasteiger partial charge in [-0.1, -0.05) is 12.1 Å². The third kappa shape index (κ3) is 3.31. The number of rotatable bonds is 5. The van der Waals surface area contributed by atoms with Crippen molar-refractivity contribution in [1.82, 2.24) is 0 Å². The van der Waals surface area contributed by atoms with Crippen LogP contribution in [0, 0.1) is 11.6 Å². The van der Waals surface area contributed by atoms with Gasteiger partial charge in [0.15, 0.2) is 0 Å². The molecule has 20 heavy (non-hydrogen) atoms. The molecule has 0 aromatic heterocycles. The summed E-state index contributed by atoms with van der Waals surface area (Å²) in [5.41, 5.74) is 1.25. The molecule has 2 rings (SSSR count). The van der Waals surface area contributed by atoms with E-state index in [4.69, 9.17) is 4.74 Å². The van der Waals surface area contributed by atoms with Crippen molar-refractivity contribution < 1.29 is 23.7 Å². The van der Waals surface area contributed by atoms with Crippen molar-refractivity contribution in [3.05, 3.63) is 64.7 Å². The van der Waals surface area contributed by atoms with Crippen LogP contribution in [-0.2, 0) is 19.8 Å². The molecule has 3 nitrogen and oxygen atoms in total. The lowest BCUT2D eigenvalue weighted by molar-refractivity contribution is 0.241. The van der Waals surface area contributed by atoms with Gasteiger partial charge in [0.1, 0.15) is 24.0 Å². The third-order valence-corrected chi connectivity index (χ3v) is 2.84. The normalized spacial score (nSPS) is 10.6. The van der Waals surface area contributed by atoms with Gasteiger partial charge in [0.2, 0.25) is 0 Å². The second kappa shape index (κ2) is 6.45. The van der Waals surface area contributed by atoms with Gasteiger partial charge >= 0.3 is 0 Å². The molecule has 2 N–H and O–H groups in total. The molecule has 106 valence electrons. The highest BCUT2D eigenvalue weighted by Gasteiger charge is 2.12. The topological polar surface area (TPSA) is 49.7 Å².